The van der Waals surface area contributed by atoms with Crippen molar-refractivity contribution in [1.82, 2.24) is 14.5 Å². The molecule has 0 spiro atoms. The zero-order chi connectivity index (χ0) is 30.5. The number of pyridine rings is 1. The van der Waals surface area contributed by atoms with E-state index in [2.05, 4.69) is 88.8 Å². The summed E-state index contributed by atoms with van der Waals surface area (Å²) in [4.78, 5) is 9.20. The molecule has 0 N–H and O–H groups in total. The van der Waals surface area contributed by atoms with E-state index in [-0.39, 0.29) is 5.82 Å². The van der Waals surface area contributed by atoms with Crippen molar-refractivity contribution in [3.63, 3.8) is 0 Å². The van der Waals surface area contributed by atoms with Crippen molar-refractivity contribution in [1.29, 1.82) is 0 Å². The molecule has 0 aliphatic heterocycles. The molecule has 0 atom stereocenters. The van der Waals surface area contributed by atoms with Crippen LogP contribution in [0.2, 0.25) is 0 Å². The molecule has 6 aromatic carbocycles. The molecule has 0 saturated carbocycles. The zero-order valence-corrected chi connectivity index (χ0v) is 22.7. The molecule has 42 heavy (non-hydrogen) atoms. The Labute approximate surface area is 248 Å². The van der Waals surface area contributed by atoms with E-state index >= 15 is 0 Å². The summed E-state index contributed by atoms with van der Waals surface area (Å²) in [5, 5.41) is 4.40. The van der Waals surface area contributed by atoms with E-state index in [1.54, 1.807) is 0 Å². The van der Waals surface area contributed by atoms with Crippen molar-refractivity contribution >= 4 is 32.6 Å². The van der Waals surface area contributed by atoms with E-state index in [0.29, 0.717) is 5.52 Å². The van der Waals surface area contributed by atoms with Crippen LogP contribution in [0, 0.1) is 6.85 Å². The summed E-state index contributed by atoms with van der Waals surface area (Å²) in [6.07, 6.45) is 1.82. The first-order chi connectivity index (χ1) is 22.0. The monoisotopic (exact) mass is 540 g/mol. The quantitative estimate of drug-likeness (QED) is 0.208. The SMILES string of the molecule is [2H]C([2H])([2H])c1nc2ccccc2n1-c1ccccc1-c1c2ccccc2c(-c2cccc(-c3ccccn3)c2)c2ccccc12. The maximum absolute atomic E-state index is 8.38. The number of aryl methyl sites for hydroxylation is 1. The van der Waals surface area contributed by atoms with Gasteiger partial charge in [-0.3, -0.25) is 9.55 Å². The van der Waals surface area contributed by atoms with Crippen LogP contribution >= 0.6 is 0 Å². The lowest BCUT2D eigenvalue weighted by Gasteiger charge is -2.20. The van der Waals surface area contributed by atoms with Crippen molar-refractivity contribution < 1.29 is 4.11 Å². The van der Waals surface area contributed by atoms with Crippen LogP contribution in [0.15, 0.2) is 146 Å². The zero-order valence-electron chi connectivity index (χ0n) is 25.7. The lowest BCUT2D eigenvalue weighted by molar-refractivity contribution is 1.00. The Kier molecular flexibility index (Phi) is 4.97. The smallest absolute Gasteiger partial charge is 0.111 e. The van der Waals surface area contributed by atoms with Crippen LogP contribution in [0.25, 0.3) is 71.8 Å². The molecule has 198 valence electrons. The number of aromatic nitrogens is 3. The van der Waals surface area contributed by atoms with Crippen LogP contribution < -0.4 is 0 Å². The largest absolute Gasteiger partial charge is 0.296 e. The fraction of sp³-hybridized carbons (Fsp3) is 0.0256. The second-order valence-corrected chi connectivity index (χ2v) is 10.4. The topological polar surface area (TPSA) is 30.7 Å². The van der Waals surface area contributed by atoms with Gasteiger partial charge in [-0.15, -0.1) is 0 Å². The van der Waals surface area contributed by atoms with E-state index in [4.69, 9.17) is 4.11 Å². The first kappa shape index (κ1) is 21.2. The number of benzene rings is 6. The molecule has 0 aliphatic rings. The Hall–Kier alpha value is -5.54. The summed E-state index contributed by atoms with van der Waals surface area (Å²) < 4.78 is 27.0. The molecule has 0 amide bonds. The predicted molar refractivity (Wildman–Crippen MR) is 175 cm³/mol. The van der Waals surface area contributed by atoms with Crippen LogP contribution in [-0.2, 0) is 0 Å². The van der Waals surface area contributed by atoms with Crippen LogP contribution in [0.5, 0.6) is 0 Å². The molecule has 2 heterocycles. The van der Waals surface area contributed by atoms with Gasteiger partial charge in [0.25, 0.3) is 0 Å². The Bertz CT molecular complexity index is 2320. The van der Waals surface area contributed by atoms with Crippen LogP contribution in [0.3, 0.4) is 0 Å². The second kappa shape index (κ2) is 9.83. The third kappa shape index (κ3) is 3.82. The number of para-hydroxylation sites is 3. The highest BCUT2D eigenvalue weighted by molar-refractivity contribution is 6.22. The summed E-state index contributed by atoms with van der Waals surface area (Å²) in [6.45, 7) is -2.40. The van der Waals surface area contributed by atoms with E-state index < -0.39 is 6.85 Å². The van der Waals surface area contributed by atoms with Gasteiger partial charge in [0.1, 0.15) is 5.82 Å². The average Bonchev–Trinajstić information content (AvgIpc) is 3.48. The molecule has 8 aromatic rings. The third-order valence-electron chi connectivity index (χ3n) is 8.02. The molecule has 0 radical (unpaired) electrons. The Morgan fingerprint density at radius 2 is 1.21 bits per heavy atom. The highest BCUT2D eigenvalue weighted by atomic mass is 15.1. The summed E-state index contributed by atoms with van der Waals surface area (Å²) >= 11 is 0. The van der Waals surface area contributed by atoms with Gasteiger partial charge in [0.05, 0.1) is 22.4 Å². The van der Waals surface area contributed by atoms with Crippen molar-refractivity contribution in [2.24, 2.45) is 0 Å². The molecular formula is C39H27N3. The van der Waals surface area contributed by atoms with Gasteiger partial charge in [-0.05, 0) is 81.5 Å². The molecule has 0 saturated heterocycles. The molecule has 8 rings (SSSR count). The Morgan fingerprint density at radius 1 is 0.571 bits per heavy atom. The maximum Gasteiger partial charge on any atom is 0.111 e. The Balaban J connectivity index is 1.46. The van der Waals surface area contributed by atoms with Gasteiger partial charge in [-0.1, -0.05) is 103 Å². The molecule has 0 bridgehead atoms. The lowest BCUT2D eigenvalue weighted by Crippen LogP contribution is -2.00. The van der Waals surface area contributed by atoms with Gasteiger partial charge in [0, 0.05) is 21.4 Å². The predicted octanol–water partition coefficient (Wildman–Crippen LogP) is 10.0. The van der Waals surface area contributed by atoms with Gasteiger partial charge in [0.15, 0.2) is 0 Å². The van der Waals surface area contributed by atoms with E-state index in [0.717, 1.165) is 66.3 Å². The van der Waals surface area contributed by atoms with E-state index in [1.165, 1.54) is 0 Å². The number of rotatable bonds is 4. The second-order valence-electron chi connectivity index (χ2n) is 10.4. The number of hydrogen-bond donors (Lipinski definition) is 0. The number of nitrogens with zero attached hydrogens (tertiary/aromatic N) is 3. The van der Waals surface area contributed by atoms with Gasteiger partial charge >= 0.3 is 0 Å². The number of imidazole rings is 1. The van der Waals surface area contributed by atoms with E-state index in [1.807, 2.05) is 71.4 Å². The minimum Gasteiger partial charge on any atom is -0.296 e. The summed E-state index contributed by atoms with van der Waals surface area (Å²) in [5.41, 5.74) is 8.41. The Morgan fingerprint density at radius 3 is 1.95 bits per heavy atom. The van der Waals surface area contributed by atoms with Crippen molar-refractivity contribution in [3.8, 4) is 39.2 Å². The first-order valence-electron chi connectivity index (χ1n) is 15.5. The summed E-state index contributed by atoms with van der Waals surface area (Å²) in [5.74, 6) is 0.0488. The van der Waals surface area contributed by atoms with Crippen molar-refractivity contribution in [2.75, 3.05) is 0 Å². The fourth-order valence-electron chi connectivity index (χ4n) is 6.25. The standard InChI is InChI=1S/C39H27N3/c1-26-41-35-21-7-9-23-37(35)42(26)36-22-8-6-19-33(36)39-31-17-4-2-15-29(31)38(30-16-3-5-18-32(30)39)28-14-12-13-27(25-28)34-20-10-11-24-40-34/h2-25H,1H3/i1D3. The maximum atomic E-state index is 8.38. The first-order valence-corrected chi connectivity index (χ1v) is 14.0. The molecule has 2 aromatic heterocycles. The van der Waals surface area contributed by atoms with Gasteiger partial charge in [0.2, 0.25) is 0 Å². The van der Waals surface area contributed by atoms with Crippen LogP contribution in [-0.4, -0.2) is 14.5 Å². The van der Waals surface area contributed by atoms with Crippen LogP contribution in [0.4, 0.5) is 0 Å². The highest BCUT2D eigenvalue weighted by Crippen LogP contribution is 2.45. The molecule has 0 aliphatic carbocycles. The molecule has 0 unspecified atom stereocenters. The molecule has 0 fully saturated rings. The van der Waals surface area contributed by atoms with Gasteiger partial charge in [-0.2, -0.15) is 0 Å². The normalized spacial score (nSPS) is 12.8. The number of fused-ring (bicyclic) bond motifs is 3. The van der Waals surface area contributed by atoms with Crippen LogP contribution in [0.1, 0.15) is 9.94 Å². The highest BCUT2D eigenvalue weighted by Gasteiger charge is 2.20. The summed E-state index contributed by atoms with van der Waals surface area (Å²) in [7, 11) is 0. The summed E-state index contributed by atoms with van der Waals surface area (Å²) in [6, 6.07) is 47.2. The molecule has 3 nitrogen and oxygen atoms in total. The van der Waals surface area contributed by atoms with Crippen molar-refractivity contribution in [3.05, 3.63) is 152 Å². The van der Waals surface area contributed by atoms with Gasteiger partial charge < -0.3 is 0 Å². The number of hydrogen-bond acceptors (Lipinski definition) is 2. The molecular weight excluding hydrogens is 510 g/mol. The lowest BCUT2D eigenvalue weighted by atomic mass is 9.85. The third-order valence-corrected chi connectivity index (χ3v) is 8.02. The van der Waals surface area contributed by atoms with Gasteiger partial charge in [-0.25, -0.2) is 4.98 Å². The van der Waals surface area contributed by atoms with E-state index in [9.17, 15) is 0 Å². The molecule has 3 heteroatoms. The average molecular weight is 541 g/mol. The minimum atomic E-state index is -2.40. The minimum absolute atomic E-state index is 0.0488. The van der Waals surface area contributed by atoms with Crippen molar-refractivity contribution in [2.45, 2.75) is 6.85 Å². The fourth-order valence-corrected chi connectivity index (χ4v) is 6.25.